The van der Waals surface area contributed by atoms with Crippen molar-refractivity contribution in [3.8, 4) is 0 Å². The van der Waals surface area contributed by atoms with Crippen molar-refractivity contribution in [3.63, 3.8) is 0 Å². The molecule has 1 aliphatic rings. The van der Waals surface area contributed by atoms with Gasteiger partial charge in [-0.25, -0.2) is 24.6 Å². The summed E-state index contributed by atoms with van der Waals surface area (Å²) >= 11 is 6.00. The molecule has 4 aromatic carbocycles. The van der Waals surface area contributed by atoms with Crippen molar-refractivity contribution in [1.29, 1.82) is 0 Å². The Balaban J connectivity index is 0.00000112. The van der Waals surface area contributed by atoms with Gasteiger partial charge in [0.25, 0.3) is 0 Å². The predicted octanol–water partition coefficient (Wildman–Crippen LogP) is 9.52. The normalized spacial score (nSPS) is 15.2. The molecule has 0 bridgehead atoms. The average Bonchev–Trinajstić information content (AvgIpc) is 3.18. The molecule has 1 aliphatic heterocycles. The van der Waals surface area contributed by atoms with Gasteiger partial charge >= 0.3 is 45.4 Å². The molecule has 0 aromatic heterocycles. The van der Waals surface area contributed by atoms with Crippen LogP contribution in [0.15, 0.2) is 107 Å². The average molecular weight is 691 g/mol. The first-order valence-corrected chi connectivity index (χ1v) is 17.1. The minimum atomic E-state index is -0.223. The number of halogens is 2. The molecule has 0 atom stereocenters. The third kappa shape index (κ3) is 7.13. The molecule has 0 N–H and O–H groups in total. The second kappa shape index (κ2) is 13.3. The summed E-state index contributed by atoms with van der Waals surface area (Å²) in [5, 5.41) is 0. The summed E-state index contributed by atoms with van der Waals surface area (Å²) < 4.78 is 0. The molecular weight excluding hydrogens is 663 g/mol. The Labute approximate surface area is 250 Å². The number of hydrogen-bond acceptors (Lipinski definition) is 3. The number of amidine groups is 2. The molecule has 5 rings (SSSR count). The third-order valence-corrected chi connectivity index (χ3v) is 6.13. The molecule has 1 heterocycles. The summed E-state index contributed by atoms with van der Waals surface area (Å²) in [5.74, 6) is 0.961. The number of carbonyl (C=O) groups excluding carboxylic acids is 1. The second-order valence-electron chi connectivity index (χ2n) is 9.21. The zero-order chi connectivity index (χ0) is 27.9. The van der Waals surface area contributed by atoms with Gasteiger partial charge in [0.2, 0.25) is 0 Å². The van der Waals surface area contributed by atoms with E-state index in [0.717, 1.165) is 45.0 Å². The van der Waals surface area contributed by atoms with Crippen LogP contribution in [0.5, 0.6) is 0 Å². The molecule has 5 nitrogen and oxygen atoms in total. The molecule has 202 valence electrons. The van der Waals surface area contributed by atoms with Gasteiger partial charge in [0.15, 0.2) is 11.7 Å². The van der Waals surface area contributed by atoms with Crippen LogP contribution in [0.4, 0.5) is 27.5 Å². The van der Waals surface area contributed by atoms with Crippen LogP contribution < -0.4 is 9.80 Å². The number of hydrogen-bond donors (Lipinski definition) is 0. The van der Waals surface area contributed by atoms with E-state index in [1.54, 1.807) is 9.80 Å². The van der Waals surface area contributed by atoms with E-state index >= 15 is 0 Å². The van der Waals surface area contributed by atoms with E-state index < -0.39 is 0 Å². The quantitative estimate of drug-likeness (QED) is 0.197. The fourth-order valence-corrected chi connectivity index (χ4v) is 4.02. The summed E-state index contributed by atoms with van der Waals surface area (Å²) in [4.78, 5) is 27.3. The minimum absolute atomic E-state index is 0.223. The van der Waals surface area contributed by atoms with Gasteiger partial charge in [-0.15, -0.1) is 0 Å². The number of benzene rings is 4. The van der Waals surface area contributed by atoms with E-state index in [1.165, 1.54) is 10.9 Å². The van der Waals surface area contributed by atoms with E-state index in [4.69, 9.17) is 9.98 Å². The molecule has 39 heavy (non-hydrogen) atoms. The van der Waals surface area contributed by atoms with Crippen molar-refractivity contribution in [2.75, 3.05) is 9.80 Å². The van der Waals surface area contributed by atoms with Crippen molar-refractivity contribution in [2.24, 2.45) is 9.98 Å². The van der Waals surface area contributed by atoms with Crippen molar-refractivity contribution < 1.29 is 15.7 Å². The van der Waals surface area contributed by atoms with Crippen molar-refractivity contribution in [3.05, 3.63) is 119 Å². The molecule has 4 aromatic rings. The standard InChI is InChI=1S/C31H28N4O.2BrH.Ni/c1-21-5-13-25(14-6-21)32-29-30(33-26-15-7-22(2)8-16-26)35(28-19-11-24(4)12-20-28)31(36)34(29)27-17-9-23(3)10-18-27;;;/h5-20H,1-4H3;2*1H;/q;;;+2/p-2. The predicted molar refractivity (Wildman–Crippen MR) is 167 cm³/mol. The number of anilines is 2. The third-order valence-electron chi connectivity index (χ3n) is 6.13. The van der Waals surface area contributed by atoms with Crippen LogP contribution in [-0.2, 0) is 10.9 Å². The maximum atomic E-state index is 14.1. The van der Waals surface area contributed by atoms with Crippen LogP contribution in [0.2, 0.25) is 0 Å². The van der Waals surface area contributed by atoms with E-state index in [-0.39, 0.29) is 6.03 Å². The summed E-state index contributed by atoms with van der Waals surface area (Å²) in [6.07, 6.45) is 0. The number of aryl methyl sites for hydroxylation is 4. The van der Waals surface area contributed by atoms with E-state index in [0.29, 0.717) is 11.7 Å². The molecule has 0 unspecified atom stereocenters. The number of urea groups is 1. The first-order chi connectivity index (χ1) is 18.8. The van der Waals surface area contributed by atoms with Crippen molar-refractivity contribution in [2.45, 2.75) is 27.7 Å². The van der Waals surface area contributed by atoms with Gasteiger partial charge in [0.1, 0.15) is 0 Å². The molecule has 0 saturated carbocycles. The molecule has 1 fully saturated rings. The molecule has 0 radical (unpaired) electrons. The Hall–Kier alpha value is -3.06. The second-order valence-corrected chi connectivity index (χ2v) is 14.2. The Morgan fingerprint density at radius 3 is 1.05 bits per heavy atom. The fraction of sp³-hybridized carbons (Fsp3) is 0.129. The molecule has 1 saturated heterocycles. The van der Waals surface area contributed by atoms with Crippen molar-refractivity contribution >= 4 is 68.9 Å². The van der Waals surface area contributed by atoms with Crippen LogP contribution in [0.1, 0.15) is 22.3 Å². The molecule has 8 heteroatoms. The van der Waals surface area contributed by atoms with Gasteiger partial charge in [-0.05, 0) is 76.2 Å². The summed E-state index contributed by atoms with van der Waals surface area (Å²) in [7, 11) is 1.25. The van der Waals surface area contributed by atoms with Crippen LogP contribution in [0.25, 0.3) is 0 Å². The van der Waals surface area contributed by atoms with Crippen LogP contribution in [0, 0.1) is 27.7 Å². The molecule has 0 aliphatic carbocycles. The van der Waals surface area contributed by atoms with E-state index in [1.807, 2.05) is 125 Å². The Kier molecular flexibility index (Phi) is 9.90. The van der Waals surface area contributed by atoms with Crippen LogP contribution in [0.3, 0.4) is 0 Å². The Morgan fingerprint density at radius 1 is 0.513 bits per heavy atom. The van der Waals surface area contributed by atoms with E-state index in [2.05, 4.69) is 28.5 Å². The first-order valence-electron chi connectivity index (χ1n) is 12.2. The fourth-order valence-electron chi connectivity index (χ4n) is 4.02. The monoisotopic (exact) mass is 688 g/mol. The zero-order valence-corrected chi connectivity index (χ0v) is 26.2. The number of rotatable bonds is 4. The molecule has 2 amide bonds. The topological polar surface area (TPSA) is 48.3 Å². The van der Waals surface area contributed by atoms with E-state index in [9.17, 15) is 4.79 Å². The van der Waals surface area contributed by atoms with Crippen molar-refractivity contribution in [1.82, 2.24) is 0 Å². The van der Waals surface area contributed by atoms with Gasteiger partial charge in [-0.2, -0.15) is 0 Å². The zero-order valence-electron chi connectivity index (χ0n) is 22.0. The molecule has 0 spiro atoms. The van der Waals surface area contributed by atoms with Gasteiger partial charge in [-0.3, -0.25) is 0 Å². The summed E-state index contributed by atoms with van der Waals surface area (Å²) in [5.41, 5.74) is 7.51. The number of carbonyl (C=O) groups is 1. The van der Waals surface area contributed by atoms with Gasteiger partial charge in [0.05, 0.1) is 22.7 Å². The Morgan fingerprint density at radius 2 is 0.769 bits per heavy atom. The van der Waals surface area contributed by atoms with Crippen LogP contribution >= 0.6 is 28.5 Å². The summed E-state index contributed by atoms with van der Waals surface area (Å²) in [6, 6.07) is 31.4. The van der Waals surface area contributed by atoms with Gasteiger partial charge < -0.3 is 0 Å². The molecular formula is C31H28Br2N4NiO. The number of amides is 2. The van der Waals surface area contributed by atoms with Crippen LogP contribution in [-0.4, -0.2) is 17.7 Å². The number of nitrogens with zero attached hydrogens (tertiary/aromatic N) is 4. The maximum absolute atomic E-state index is 14.1. The van der Waals surface area contributed by atoms with Gasteiger partial charge in [0, 0.05) is 0 Å². The Bertz CT molecular complexity index is 1370. The SMILES string of the molecule is Cc1ccc(N=C2C(=Nc3ccc(C)cc3)N(c3ccc(C)cc3)C(=O)N2c2ccc(C)cc2)cc1.[Br][Ni][Br]. The summed E-state index contributed by atoms with van der Waals surface area (Å²) in [6.45, 7) is 8.13. The van der Waals surface area contributed by atoms with Gasteiger partial charge in [-0.1, -0.05) is 70.8 Å². The first kappa shape index (κ1) is 28.9. The number of aliphatic imine (C=N–C) groups is 2.